The molecule has 9 heteroatoms. The number of hydrogen-bond donors (Lipinski definition) is 2. The van der Waals surface area contributed by atoms with Gasteiger partial charge in [0.1, 0.15) is 0 Å². The van der Waals surface area contributed by atoms with Crippen LogP contribution < -0.4 is 16.0 Å². The first kappa shape index (κ1) is 18.3. The van der Waals surface area contributed by atoms with Crippen molar-refractivity contribution >= 4 is 28.2 Å². The third kappa shape index (κ3) is 3.39. The van der Waals surface area contributed by atoms with Gasteiger partial charge in [-0.15, -0.1) is 5.10 Å². The zero-order valence-electron chi connectivity index (χ0n) is 16.2. The topological polar surface area (TPSA) is 115 Å². The normalized spacial score (nSPS) is 16.7. The summed E-state index contributed by atoms with van der Waals surface area (Å²) in [5.41, 5.74) is 8.55. The third-order valence-corrected chi connectivity index (χ3v) is 5.22. The second-order valence-electron chi connectivity index (χ2n) is 7.32. The molecule has 0 unspecified atom stereocenters. The summed E-state index contributed by atoms with van der Waals surface area (Å²) in [7, 11) is 0. The first-order valence-electron chi connectivity index (χ1n) is 9.86. The highest BCUT2D eigenvalue weighted by Crippen LogP contribution is 2.28. The van der Waals surface area contributed by atoms with Crippen LogP contribution in [0.25, 0.3) is 16.9 Å². The molecule has 1 amide bonds. The molecule has 9 nitrogen and oxygen atoms in total. The number of piperidine rings is 1. The smallest absolute Gasteiger partial charge is 0.344 e. The van der Waals surface area contributed by atoms with Gasteiger partial charge in [0.05, 0.1) is 23.1 Å². The van der Waals surface area contributed by atoms with E-state index in [-0.39, 0.29) is 17.9 Å². The minimum absolute atomic E-state index is 0.130. The van der Waals surface area contributed by atoms with Crippen LogP contribution >= 0.6 is 0 Å². The first-order valence-corrected chi connectivity index (χ1v) is 9.86. The maximum absolute atomic E-state index is 12.8. The van der Waals surface area contributed by atoms with Crippen molar-refractivity contribution in [3.63, 3.8) is 0 Å². The lowest BCUT2D eigenvalue weighted by molar-refractivity contribution is 0.0989. The number of hydrogen-bond acceptors (Lipinski definition) is 7. The quantitative estimate of drug-likeness (QED) is 0.538. The van der Waals surface area contributed by atoms with Crippen LogP contribution in [0.1, 0.15) is 23.5 Å². The van der Waals surface area contributed by atoms with E-state index in [0.29, 0.717) is 5.69 Å². The highest BCUT2D eigenvalue weighted by Gasteiger charge is 2.22. The number of rotatable bonds is 4. The average molecular weight is 403 g/mol. The molecule has 0 saturated carbocycles. The van der Waals surface area contributed by atoms with Crippen molar-refractivity contribution in [3.8, 4) is 6.01 Å². The molecule has 0 aliphatic carbocycles. The monoisotopic (exact) mass is 403 g/mol. The van der Waals surface area contributed by atoms with E-state index in [1.807, 2.05) is 48.5 Å². The molecular formula is C21H21N7O2. The summed E-state index contributed by atoms with van der Waals surface area (Å²) >= 11 is 0. The van der Waals surface area contributed by atoms with Crippen molar-refractivity contribution in [2.45, 2.75) is 18.9 Å². The fourth-order valence-corrected chi connectivity index (χ4v) is 3.78. The van der Waals surface area contributed by atoms with E-state index in [9.17, 15) is 4.79 Å². The second kappa shape index (κ2) is 7.60. The Kier molecular flexibility index (Phi) is 4.64. The lowest BCUT2D eigenvalue weighted by Gasteiger charge is -2.33. The van der Waals surface area contributed by atoms with Gasteiger partial charge in [0, 0.05) is 24.5 Å². The lowest BCUT2D eigenvalue weighted by atomic mass is 10.1. The minimum Gasteiger partial charge on any atom is -0.397 e. The van der Waals surface area contributed by atoms with Gasteiger partial charge in [0.2, 0.25) is 0 Å². The Bertz CT molecular complexity index is 1200. The Morgan fingerprint density at radius 3 is 2.87 bits per heavy atom. The Labute approximate surface area is 172 Å². The summed E-state index contributed by atoms with van der Waals surface area (Å²) in [6.07, 6.45) is 3.74. The Morgan fingerprint density at radius 1 is 1.13 bits per heavy atom. The van der Waals surface area contributed by atoms with Crippen molar-refractivity contribution in [2.24, 2.45) is 5.73 Å². The zero-order valence-corrected chi connectivity index (χ0v) is 16.2. The molecule has 0 bridgehead atoms. The van der Waals surface area contributed by atoms with Gasteiger partial charge in [0.25, 0.3) is 0 Å². The van der Waals surface area contributed by atoms with E-state index in [2.05, 4.69) is 25.5 Å². The van der Waals surface area contributed by atoms with Gasteiger partial charge in [-0.1, -0.05) is 35.4 Å². The standard InChI is InChI=1S/C21H21N7O2/c22-15-7-5-11-27(13-15)18-10-4-2-8-16(18)24-19(29)20-25-26-21(30-20)28-17-9-3-1-6-14(17)12-23-28/h1-4,6,8-10,12,15H,5,7,11,13,22H2,(H,24,29)/t15-/m1/s1. The average Bonchev–Trinajstić information content (AvgIpc) is 3.41. The van der Waals surface area contributed by atoms with Gasteiger partial charge in [0.15, 0.2) is 0 Å². The Balaban J connectivity index is 1.38. The molecule has 5 rings (SSSR count). The number of nitrogens with two attached hydrogens (primary N) is 1. The van der Waals surface area contributed by atoms with Crippen molar-refractivity contribution in [1.82, 2.24) is 20.0 Å². The molecule has 1 saturated heterocycles. The Morgan fingerprint density at radius 2 is 1.97 bits per heavy atom. The predicted molar refractivity (Wildman–Crippen MR) is 113 cm³/mol. The number of carbonyl (C=O) groups is 1. The molecule has 0 spiro atoms. The maximum atomic E-state index is 12.8. The molecule has 3 N–H and O–H groups in total. The summed E-state index contributed by atoms with van der Waals surface area (Å²) in [5.74, 6) is -0.603. The first-order chi connectivity index (χ1) is 14.7. The molecule has 30 heavy (non-hydrogen) atoms. The SMILES string of the molecule is N[C@@H]1CCCN(c2ccccc2NC(=O)c2nnc(-n3ncc4ccccc43)o2)C1. The molecule has 1 aliphatic heterocycles. The maximum Gasteiger partial charge on any atom is 0.344 e. The number of carbonyl (C=O) groups excluding carboxylic acids is 1. The van der Waals surface area contributed by atoms with Gasteiger partial charge < -0.3 is 20.4 Å². The highest BCUT2D eigenvalue weighted by atomic mass is 16.4. The van der Waals surface area contributed by atoms with Crippen molar-refractivity contribution < 1.29 is 9.21 Å². The summed E-state index contributed by atoms with van der Waals surface area (Å²) in [4.78, 5) is 15.0. The summed E-state index contributed by atoms with van der Waals surface area (Å²) in [5, 5.41) is 16.0. The van der Waals surface area contributed by atoms with Crippen LogP contribution in [0.4, 0.5) is 11.4 Å². The number of nitrogens with zero attached hydrogens (tertiary/aromatic N) is 5. The van der Waals surface area contributed by atoms with Crippen LogP contribution in [0.15, 0.2) is 59.1 Å². The van der Waals surface area contributed by atoms with Gasteiger partial charge >= 0.3 is 17.8 Å². The molecule has 2 aromatic heterocycles. The van der Waals surface area contributed by atoms with Crippen LogP contribution in [0.2, 0.25) is 0 Å². The number of benzene rings is 2. The number of amides is 1. The number of aromatic nitrogens is 4. The van der Waals surface area contributed by atoms with Gasteiger partial charge in [-0.3, -0.25) is 4.79 Å². The lowest BCUT2D eigenvalue weighted by Crippen LogP contribution is -2.43. The second-order valence-corrected chi connectivity index (χ2v) is 7.32. The number of anilines is 2. The van der Waals surface area contributed by atoms with Crippen LogP contribution in [-0.4, -0.2) is 45.0 Å². The van der Waals surface area contributed by atoms with E-state index < -0.39 is 5.91 Å². The fourth-order valence-electron chi connectivity index (χ4n) is 3.78. The van der Waals surface area contributed by atoms with Crippen LogP contribution in [-0.2, 0) is 0 Å². The summed E-state index contributed by atoms with van der Waals surface area (Å²) < 4.78 is 7.12. The van der Waals surface area contributed by atoms with E-state index in [1.165, 1.54) is 4.68 Å². The molecular weight excluding hydrogens is 382 g/mol. The van der Waals surface area contributed by atoms with Crippen molar-refractivity contribution in [2.75, 3.05) is 23.3 Å². The minimum atomic E-state index is -0.473. The highest BCUT2D eigenvalue weighted by molar-refractivity contribution is 6.03. The van der Waals surface area contributed by atoms with Crippen molar-refractivity contribution in [1.29, 1.82) is 0 Å². The fraction of sp³-hybridized carbons (Fsp3) is 0.238. The van der Waals surface area contributed by atoms with Gasteiger partial charge in [-0.2, -0.15) is 9.78 Å². The number of para-hydroxylation sites is 3. The predicted octanol–water partition coefficient (Wildman–Crippen LogP) is 2.59. The molecule has 1 aliphatic rings. The van der Waals surface area contributed by atoms with E-state index in [4.69, 9.17) is 10.2 Å². The summed E-state index contributed by atoms with van der Waals surface area (Å²) in [6, 6.07) is 15.6. The Hall–Kier alpha value is -3.72. The third-order valence-electron chi connectivity index (χ3n) is 5.22. The van der Waals surface area contributed by atoms with Crippen LogP contribution in [0, 0.1) is 0 Å². The number of fused-ring (bicyclic) bond motifs is 1. The van der Waals surface area contributed by atoms with E-state index in [0.717, 1.165) is 42.5 Å². The van der Waals surface area contributed by atoms with Crippen LogP contribution in [0.5, 0.6) is 0 Å². The van der Waals surface area contributed by atoms with Gasteiger partial charge in [-0.25, -0.2) is 0 Å². The molecule has 2 aromatic carbocycles. The molecule has 1 fully saturated rings. The van der Waals surface area contributed by atoms with E-state index >= 15 is 0 Å². The number of nitrogens with one attached hydrogen (secondary N) is 1. The molecule has 1 atom stereocenters. The van der Waals surface area contributed by atoms with E-state index in [1.54, 1.807) is 6.20 Å². The molecule has 0 radical (unpaired) electrons. The molecule has 3 heterocycles. The van der Waals surface area contributed by atoms with Gasteiger partial charge in [-0.05, 0) is 31.0 Å². The van der Waals surface area contributed by atoms with Crippen LogP contribution in [0.3, 0.4) is 0 Å². The molecule has 152 valence electrons. The largest absolute Gasteiger partial charge is 0.397 e. The molecule has 4 aromatic rings. The zero-order chi connectivity index (χ0) is 20.5. The summed E-state index contributed by atoms with van der Waals surface area (Å²) in [6.45, 7) is 1.65. The van der Waals surface area contributed by atoms with Crippen molar-refractivity contribution in [3.05, 3.63) is 60.6 Å².